The molecule has 0 aliphatic rings. The molecule has 8 heteroatoms. The number of carbonyl (C=O) groups is 2. The summed E-state index contributed by atoms with van der Waals surface area (Å²) in [4.78, 5) is 21.4. The van der Waals surface area contributed by atoms with Crippen LogP contribution in [-0.4, -0.2) is 64.5 Å². The molecule has 0 heterocycles. The fraction of sp³-hybridized carbons (Fsp3) is 0.800. The maximum absolute atomic E-state index is 11.1. The number of ether oxygens (including phenoxy) is 3. The van der Waals surface area contributed by atoms with E-state index in [9.17, 15) is 9.59 Å². The van der Waals surface area contributed by atoms with Gasteiger partial charge in [-0.15, -0.1) is 0 Å². The first-order valence-corrected chi connectivity index (χ1v) is 5.65. The molecule has 0 aliphatic carbocycles. The Morgan fingerprint density at radius 2 is 1.61 bits per heavy atom. The Kier molecular flexibility index (Phi) is 11.4. The standard InChI is InChI=1S/C10H21N3O5/c11-1-3-16-5-6-17-4-2-13-10(15)8-18-7-9(12)14/h1-8,11H2,(H2,12,14)(H,13,15). The highest BCUT2D eigenvalue weighted by Crippen LogP contribution is 1.78. The minimum atomic E-state index is -0.608. The number of nitrogens with two attached hydrogens (primary N) is 2. The highest BCUT2D eigenvalue weighted by molar-refractivity contribution is 5.78. The van der Waals surface area contributed by atoms with Crippen molar-refractivity contribution < 1.29 is 23.8 Å². The molecule has 0 fully saturated rings. The van der Waals surface area contributed by atoms with Gasteiger partial charge in [0.15, 0.2) is 0 Å². The van der Waals surface area contributed by atoms with Crippen LogP contribution in [0.15, 0.2) is 0 Å². The minimum absolute atomic E-state index is 0.192. The van der Waals surface area contributed by atoms with Crippen molar-refractivity contribution >= 4 is 11.8 Å². The summed E-state index contributed by atoms with van der Waals surface area (Å²) in [5.74, 6) is -0.928. The first kappa shape index (κ1) is 16.8. The average molecular weight is 263 g/mol. The zero-order chi connectivity index (χ0) is 13.6. The topological polar surface area (TPSA) is 126 Å². The van der Waals surface area contributed by atoms with E-state index in [1.54, 1.807) is 0 Å². The Morgan fingerprint density at radius 1 is 0.944 bits per heavy atom. The quantitative estimate of drug-likeness (QED) is 0.337. The normalized spacial score (nSPS) is 10.3. The first-order chi connectivity index (χ1) is 8.66. The molecule has 0 aromatic rings. The number of hydrogen-bond donors (Lipinski definition) is 3. The number of hydrogen-bond acceptors (Lipinski definition) is 6. The molecule has 0 unspecified atom stereocenters. The zero-order valence-corrected chi connectivity index (χ0v) is 10.4. The predicted octanol–water partition coefficient (Wildman–Crippen LogP) is -2.40. The second kappa shape index (κ2) is 12.2. The number of amides is 2. The molecule has 106 valence electrons. The maximum atomic E-state index is 11.1. The van der Waals surface area contributed by atoms with Gasteiger partial charge in [0.2, 0.25) is 11.8 Å². The van der Waals surface area contributed by atoms with Crippen LogP contribution in [-0.2, 0) is 23.8 Å². The number of rotatable bonds is 12. The van der Waals surface area contributed by atoms with Gasteiger partial charge < -0.3 is 31.0 Å². The van der Waals surface area contributed by atoms with Gasteiger partial charge in [-0.25, -0.2) is 0 Å². The Balaban J connectivity index is 3.17. The average Bonchev–Trinajstić information content (AvgIpc) is 2.32. The number of carbonyl (C=O) groups excluding carboxylic acids is 2. The van der Waals surface area contributed by atoms with E-state index in [2.05, 4.69) is 5.32 Å². The Bertz CT molecular complexity index is 238. The molecule has 18 heavy (non-hydrogen) atoms. The fourth-order valence-corrected chi connectivity index (χ4v) is 0.963. The van der Waals surface area contributed by atoms with Crippen molar-refractivity contribution in [3.8, 4) is 0 Å². The molecule has 0 spiro atoms. The molecule has 0 atom stereocenters. The number of primary amides is 1. The minimum Gasteiger partial charge on any atom is -0.378 e. The fourth-order valence-electron chi connectivity index (χ4n) is 0.963. The van der Waals surface area contributed by atoms with Crippen LogP contribution in [0, 0.1) is 0 Å². The van der Waals surface area contributed by atoms with Crippen LogP contribution in [0.5, 0.6) is 0 Å². The highest BCUT2D eigenvalue weighted by atomic mass is 16.5. The van der Waals surface area contributed by atoms with Crippen LogP contribution >= 0.6 is 0 Å². The third-order valence-corrected chi connectivity index (χ3v) is 1.68. The Hall–Kier alpha value is -1.22. The molecule has 0 aromatic heterocycles. The lowest BCUT2D eigenvalue weighted by atomic mass is 10.5. The molecule has 0 radical (unpaired) electrons. The van der Waals surface area contributed by atoms with E-state index in [1.165, 1.54) is 0 Å². The maximum Gasteiger partial charge on any atom is 0.246 e. The van der Waals surface area contributed by atoms with Crippen molar-refractivity contribution in [1.82, 2.24) is 5.32 Å². The van der Waals surface area contributed by atoms with E-state index in [1.807, 2.05) is 0 Å². The Labute approximate surface area is 106 Å². The van der Waals surface area contributed by atoms with Crippen LogP contribution in [0.3, 0.4) is 0 Å². The molecule has 0 bridgehead atoms. The molecule has 8 nitrogen and oxygen atoms in total. The lowest BCUT2D eigenvalue weighted by Gasteiger charge is -2.07. The zero-order valence-electron chi connectivity index (χ0n) is 10.4. The molecule has 0 saturated carbocycles. The monoisotopic (exact) mass is 263 g/mol. The highest BCUT2D eigenvalue weighted by Gasteiger charge is 2.01. The van der Waals surface area contributed by atoms with E-state index in [0.29, 0.717) is 39.5 Å². The third-order valence-electron chi connectivity index (χ3n) is 1.68. The first-order valence-electron chi connectivity index (χ1n) is 5.65. The van der Waals surface area contributed by atoms with Gasteiger partial charge in [-0.1, -0.05) is 0 Å². The van der Waals surface area contributed by atoms with Crippen molar-refractivity contribution in [3.05, 3.63) is 0 Å². The van der Waals surface area contributed by atoms with Crippen molar-refractivity contribution in [2.75, 3.05) is 52.7 Å². The van der Waals surface area contributed by atoms with Crippen LogP contribution < -0.4 is 16.8 Å². The largest absolute Gasteiger partial charge is 0.378 e. The molecule has 5 N–H and O–H groups in total. The SMILES string of the molecule is NCCOCCOCCNC(=O)COCC(N)=O. The van der Waals surface area contributed by atoms with Gasteiger partial charge in [0.25, 0.3) is 0 Å². The van der Waals surface area contributed by atoms with Gasteiger partial charge in [0.1, 0.15) is 13.2 Å². The second-order valence-electron chi connectivity index (χ2n) is 3.32. The summed E-state index contributed by atoms with van der Waals surface area (Å²) < 4.78 is 15.0. The van der Waals surface area contributed by atoms with Gasteiger partial charge in [-0.3, -0.25) is 9.59 Å². The predicted molar refractivity (Wildman–Crippen MR) is 63.7 cm³/mol. The van der Waals surface area contributed by atoms with Gasteiger partial charge >= 0.3 is 0 Å². The summed E-state index contributed by atoms with van der Waals surface area (Å²) in [5.41, 5.74) is 10.1. The van der Waals surface area contributed by atoms with Gasteiger partial charge in [0.05, 0.1) is 26.4 Å². The van der Waals surface area contributed by atoms with E-state index in [0.717, 1.165) is 0 Å². The van der Waals surface area contributed by atoms with Gasteiger partial charge in [-0.2, -0.15) is 0 Å². The third kappa shape index (κ3) is 12.8. The van der Waals surface area contributed by atoms with E-state index >= 15 is 0 Å². The molecule has 2 amide bonds. The summed E-state index contributed by atoms with van der Waals surface area (Å²) in [6.07, 6.45) is 0. The van der Waals surface area contributed by atoms with Gasteiger partial charge in [0, 0.05) is 13.1 Å². The van der Waals surface area contributed by atoms with Gasteiger partial charge in [-0.05, 0) is 0 Å². The lowest BCUT2D eigenvalue weighted by Crippen LogP contribution is -2.32. The number of nitrogens with one attached hydrogen (secondary N) is 1. The molecule has 0 aromatic carbocycles. The van der Waals surface area contributed by atoms with Crippen molar-refractivity contribution in [3.63, 3.8) is 0 Å². The summed E-state index contributed by atoms with van der Waals surface area (Å²) in [5, 5.41) is 2.56. The van der Waals surface area contributed by atoms with Crippen molar-refractivity contribution in [1.29, 1.82) is 0 Å². The van der Waals surface area contributed by atoms with E-state index in [-0.39, 0.29) is 19.1 Å². The summed E-state index contributed by atoms with van der Waals surface area (Å²) >= 11 is 0. The summed E-state index contributed by atoms with van der Waals surface area (Å²) in [7, 11) is 0. The molecular formula is C10H21N3O5. The molecule has 0 aliphatic heterocycles. The molecule has 0 saturated heterocycles. The van der Waals surface area contributed by atoms with E-state index in [4.69, 9.17) is 25.7 Å². The molecule has 0 rings (SSSR count). The van der Waals surface area contributed by atoms with Crippen molar-refractivity contribution in [2.24, 2.45) is 11.5 Å². The lowest BCUT2D eigenvalue weighted by molar-refractivity contribution is -0.129. The Morgan fingerprint density at radius 3 is 2.22 bits per heavy atom. The molecular weight excluding hydrogens is 242 g/mol. The van der Waals surface area contributed by atoms with Crippen molar-refractivity contribution in [2.45, 2.75) is 0 Å². The van der Waals surface area contributed by atoms with E-state index < -0.39 is 5.91 Å². The van der Waals surface area contributed by atoms with Crippen LogP contribution in [0.4, 0.5) is 0 Å². The summed E-state index contributed by atoms with van der Waals surface area (Å²) in [6.45, 7) is 2.23. The second-order valence-corrected chi connectivity index (χ2v) is 3.32. The smallest absolute Gasteiger partial charge is 0.246 e. The summed E-state index contributed by atoms with van der Waals surface area (Å²) in [6, 6.07) is 0. The van der Waals surface area contributed by atoms with Crippen LogP contribution in [0.25, 0.3) is 0 Å². The van der Waals surface area contributed by atoms with Crippen LogP contribution in [0.2, 0.25) is 0 Å². The van der Waals surface area contributed by atoms with Crippen LogP contribution in [0.1, 0.15) is 0 Å².